The van der Waals surface area contributed by atoms with Crippen molar-refractivity contribution < 1.29 is 22.5 Å². The molecule has 3 N–H and O–H groups in total. The van der Waals surface area contributed by atoms with Crippen LogP contribution in [0.2, 0.25) is 0 Å². The van der Waals surface area contributed by atoms with Gasteiger partial charge in [-0.2, -0.15) is 0 Å². The van der Waals surface area contributed by atoms with Crippen LogP contribution in [0.15, 0.2) is 39.9 Å². The quantitative estimate of drug-likeness (QED) is 0.609. The molecule has 2 rings (SSSR count). The number of aromatic nitrogens is 1. The highest BCUT2D eigenvalue weighted by molar-refractivity contribution is 7.89. The molecule has 1 heterocycles. The molecule has 0 radical (unpaired) electrons. The Balaban J connectivity index is 2.21. The van der Waals surface area contributed by atoms with Gasteiger partial charge in [-0.05, 0) is 18.2 Å². The molecule has 2 aromatic rings. The van der Waals surface area contributed by atoms with Crippen molar-refractivity contribution in [2.24, 2.45) is 0 Å². The van der Waals surface area contributed by atoms with E-state index in [1.54, 1.807) is 0 Å². The third kappa shape index (κ3) is 3.38. The summed E-state index contributed by atoms with van der Waals surface area (Å²) in [5.74, 6) is -0.596. The van der Waals surface area contributed by atoms with Gasteiger partial charge in [0.05, 0.1) is 30.6 Å². The molecule has 0 spiro atoms. The standard InChI is InChI=1S/C12H13N3O5S/c1-19-12(16)8-2-3-11(10(13)6-8)21(17,18)14-7-9-4-5-20-15-9/h2-6,14H,7,13H2,1H3. The molecular weight excluding hydrogens is 298 g/mol. The van der Waals surface area contributed by atoms with Crippen LogP contribution in [-0.2, 0) is 21.3 Å². The molecule has 0 amide bonds. The number of hydrogen-bond acceptors (Lipinski definition) is 7. The van der Waals surface area contributed by atoms with Gasteiger partial charge in [-0.25, -0.2) is 17.9 Å². The predicted octanol–water partition coefficient (Wildman–Crippen LogP) is 0.522. The normalized spacial score (nSPS) is 11.3. The second-order valence-electron chi connectivity index (χ2n) is 4.06. The zero-order valence-electron chi connectivity index (χ0n) is 11.1. The Hall–Kier alpha value is -2.39. The number of nitrogens with two attached hydrogens (primary N) is 1. The number of methoxy groups -OCH3 is 1. The Morgan fingerprint density at radius 2 is 2.19 bits per heavy atom. The van der Waals surface area contributed by atoms with Gasteiger partial charge >= 0.3 is 5.97 Å². The number of nitrogens with zero attached hydrogens (tertiary/aromatic N) is 1. The Labute approximate surface area is 120 Å². The summed E-state index contributed by atoms with van der Waals surface area (Å²) < 4.78 is 35.7. The molecular formula is C12H13N3O5S. The van der Waals surface area contributed by atoms with Crippen LogP contribution in [0.4, 0.5) is 5.69 Å². The van der Waals surface area contributed by atoms with Crippen molar-refractivity contribution in [3.05, 3.63) is 41.8 Å². The number of anilines is 1. The van der Waals surface area contributed by atoms with E-state index in [1.165, 1.54) is 37.6 Å². The average Bonchev–Trinajstić information content (AvgIpc) is 2.97. The van der Waals surface area contributed by atoms with Crippen molar-refractivity contribution >= 4 is 21.7 Å². The summed E-state index contributed by atoms with van der Waals surface area (Å²) in [4.78, 5) is 11.2. The molecule has 0 saturated carbocycles. The number of hydrogen-bond donors (Lipinski definition) is 2. The first-order valence-corrected chi connectivity index (χ1v) is 7.29. The van der Waals surface area contributed by atoms with E-state index in [-0.39, 0.29) is 22.7 Å². The minimum atomic E-state index is -3.83. The molecule has 9 heteroatoms. The maximum absolute atomic E-state index is 12.1. The molecule has 0 atom stereocenters. The van der Waals surface area contributed by atoms with Gasteiger partial charge in [0.2, 0.25) is 10.0 Å². The van der Waals surface area contributed by atoms with Gasteiger partial charge in [0.1, 0.15) is 11.2 Å². The van der Waals surface area contributed by atoms with E-state index in [9.17, 15) is 13.2 Å². The first kappa shape index (κ1) is 15.0. The summed E-state index contributed by atoms with van der Waals surface area (Å²) in [5, 5.41) is 3.59. The molecule has 21 heavy (non-hydrogen) atoms. The summed E-state index contributed by atoms with van der Waals surface area (Å²) in [5.41, 5.74) is 6.24. The summed E-state index contributed by atoms with van der Waals surface area (Å²) in [6, 6.07) is 5.35. The number of sulfonamides is 1. The van der Waals surface area contributed by atoms with Gasteiger partial charge in [0.25, 0.3) is 0 Å². The van der Waals surface area contributed by atoms with Crippen LogP contribution in [0.1, 0.15) is 16.1 Å². The molecule has 0 saturated heterocycles. The maximum Gasteiger partial charge on any atom is 0.337 e. The fourth-order valence-corrected chi connectivity index (χ4v) is 2.72. The molecule has 0 fully saturated rings. The molecule has 0 aliphatic carbocycles. The number of esters is 1. The highest BCUT2D eigenvalue weighted by atomic mass is 32.2. The van der Waals surface area contributed by atoms with Gasteiger partial charge in [0.15, 0.2) is 0 Å². The van der Waals surface area contributed by atoms with Gasteiger partial charge in [-0.15, -0.1) is 0 Å². The molecule has 112 valence electrons. The predicted molar refractivity (Wildman–Crippen MR) is 72.7 cm³/mol. The fourth-order valence-electron chi connectivity index (χ4n) is 1.61. The van der Waals surface area contributed by atoms with E-state index in [0.717, 1.165) is 0 Å². The van der Waals surface area contributed by atoms with Crippen molar-refractivity contribution in [1.82, 2.24) is 9.88 Å². The Kier molecular flexibility index (Phi) is 4.24. The van der Waals surface area contributed by atoms with Crippen LogP contribution in [-0.4, -0.2) is 26.7 Å². The second kappa shape index (κ2) is 5.94. The summed E-state index contributed by atoms with van der Waals surface area (Å²) in [7, 11) is -2.60. The van der Waals surface area contributed by atoms with E-state index in [2.05, 4.69) is 19.1 Å². The molecule has 0 aliphatic rings. The average molecular weight is 311 g/mol. The van der Waals surface area contributed by atoms with Crippen LogP contribution in [0.25, 0.3) is 0 Å². The van der Waals surface area contributed by atoms with Crippen molar-refractivity contribution in [2.45, 2.75) is 11.4 Å². The summed E-state index contributed by atoms with van der Waals surface area (Å²) in [6.07, 6.45) is 1.34. The lowest BCUT2D eigenvalue weighted by Crippen LogP contribution is -2.24. The monoisotopic (exact) mass is 311 g/mol. The van der Waals surface area contributed by atoms with Crippen molar-refractivity contribution in [1.29, 1.82) is 0 Å². The summed E-state index contributed by atoms with van der Waals surface area (Å²) in [6.45, 7) is -0.0307. The lowest BCUT2D eigenvalue weighted by atomic mass is 10.2. The topological polar surface area (TPSA) is 125 Å². The number of carbonyl (C=O) groups excluding carboxylic acids is 1. The Morgan fingerprint density at radius 3 is 2.76 bits per heavy atom. The van der Waals surface area contributed by atoms with Crippen molar-refractivity contribution in [2.75, 3.05) is 12.8 Å². The van der Waals surface area contributed by atoms with Gasteiger partial charge in [-0.3, -0.25) is 0 Å². The van der Waals surface area contributed by atoms with E-state index in [0.29, 0.717) is 5.69 Å². The molecule has 1 aromatic heterocycles. The van der Waals surface area contributed by atoms with Gasteiger partial charge in [0, 0.05) is 6.07 Å². The van der Waals surface area contributed by atoms with E-state index < -0.39 is 16.0 Å². The lowest BCUT2D eigenvalue weighted by molar-refractivity contribution is 0.0600. The SMILES string of the molecule is COC(=O)c1ccc(S(=O)(=O)NCc2ccon2)c(N)c1. The van der Waals surface area contributed by atoms with Crippen LogP contribution >= 0.6 is 0 Å². The molecule has 0 unspecified atom stereocenters. The fraction of sp³-hybridized carbons (Fsp3) is 0.167. The molecule has 1 aromatic carbocycles. The second-order valence-corrected chi connectivity index (χ2v) is 5.79. The van der Waals surface area contributed by atoms with Crippen LogP contribution in [0, 0.1) is 0 Å². The first-order chi connectivity index (χ1) is 9.94. The molecule has 0 bridgehead atoms. The first-order valence-electron chi connectivity index (χ1n) is 5.81. The molecule has 8 nitrogen and oxygen atoms in total. The van der Waals surface area contributed by atoms with E-state index >= 15 is 0 Å². The Bertz CT molecular complexity index is 740. The number of rotatable bonds is 5. The number of nitrogen functional groups attached to an aromatic ring is 1. The zero-order chi connectivity index (χ0) is 15.5. The number of nitrogens with one attached hydrogen (secondary N) is 1. The van der Waals surface area contributed by atoms with Gasteiger partial charge < -0.3 is 15.0 Å². The summed E-state index contributed by atoms with van der Waals surface area (Å²) >= 11 is 0. The van der Waals surface area contributed by atoms with Crippen LogP contribution < -0.4 is 10.5 Å². The highest BCUT2D eigenvalue weighted by Gasteiger charge is 2.19. The van der Waals surface area contributed by atoms with E-state index in [1.807, 2.05) is 0 Å². The highest BCUT2D eigenvalue weighted by Crippen LogP contribution is 2.20. The van der Waals surface area contributed by atoms with Gasteiger partial charge in [-0.1, -0.05) is 5.16 Å². The van der Waals surface area contributed by atoms with Crippen LogP contribution in [0.3, 0.4) is 0 Å². The molecule has 0 aliphatic heterocycles. The third-order valence-electron chi connectivity index (χ3n) is 2.65. The minimum absolute atomic E-state index is 0.0307. The van der Waals surface area contributed by atoms with Crippen molar-refractivity contribution in [3.8, 4) is 0 Å². The zero-order valence-corrected chi connectivity index (χ0v) is 11.9. The smallest absolute Gasteiger partial charge is 0.337 e. The number of benzene rings is 1. The van der Waals surface area contributed by atoms with E-state index in [4.69, 9.17) is 5.73 Å². The minimum Gasteiger partial charge on any atom is -0.465 e. The van der Waals surface area contributed by atoms with Crippen molar-refractivity contribution in [3.63, 3.8) is 0 Å². The number of carbonyl (C=O) groups is 1. The third-order valence-corrected chi connectivity index (χ3v) is 4.13. The lowest BCUT2D eigenvalue weighted by Gasteiger charge is -2.09. The largest absolute Gasteiger partial charge is 0.465 e. The van der Waals surface area contributed by atoms with Crippen LogP contribution in [0.5, 0.6) is 0 Å². The maximum atomic E-state index is 12.1. The number of ether oxygens (including phenoxy) is 1. The Morgan fingerprint density at radius 1 is 1.43 bits per heavy atom.